The summed E-state index contributed by atoms with van der Waals surface area (Å²) in [5, 5.41) is 0. The first kappa shape index (κ1) is 12.4. The average molecular weight is 256 g/mol. The lowest BCUT2D eigenvalue weighted by atomic mass is 10.0. The molecule has 1 aliphatic carbocycles. The molecule has 0 aromatic heterocycles. The Kier molecular flexibility index (Phi) is 3.75. The Bertz CT molecular complexity index is 587. The van der Waals surface area contributed by atoms with Gasteiger partial charge in [0, 0.05) is 0 Å². The third kappa shape index (κ3) is 2.86. The predicted octanol–water partition coefficient (Wildman–Crippen LogP) is 5.45. The van der Waals surface area contributed by atoms with Crippen LogP contribution in [-0.4, -0.2) is 0 Å². The maximum absolute atomic E-state index is 2.14. The van der Waals surface area contributed by atoms with Crippen molar-refractivity contribution >= 4 is 24.3 Å². The molecule has 20 heavy (non-hydrogen) atoms. The zero-order valence-electron chi connectivity index (χ0n) is 11.2. The lowest BCUT2D eigenvalue weighted by molar-refractivity contribution is 1.60. The highest BCUT2D eigenvalue weighted by molar-refractivity contribution is 5.71. The molecule has 2 aromatic rings. The molecule has 0 unspecified atom stereocenters. The number of benzene rings is 2. The second-order valence-electron chi connectivity index (χ2n) is 4.69. The van der Waals surface area contributed by atoms with Crippen molar-refractivity contribution in [3.63, 3.8) is 0 Å². The molecule has 0 aliphatic heterocycles. The Morgan fingerprint density at radius 3 is 0.850 bits per heavy atom. The predicted molar refractivity (Wildman–Crippen MR) is 89.0 cm³/mol. The minimum Gasteiger partial charge on any atom is -0.0616 e. The van der Waals surface area contributed by atoms with E-state index in [1.54, 1.807) is 0 Å². The molecule has 0 fully saturated rings. The van der Waals surface area contributed by atoms with Gasteiger partial charge in [-0.25, -0.2) is 0 Å². The van der Waals surface area contributed by atoms with Crippen LogP contribution in [0.3, 0.4) is 0 Å². The molecule has 0 heteroatoms. The zero-order chi connectivity index (χ0) is 13.6. The molecule has 2 aromatic carbocycles. The molecule has 0 saturated carbocycles. The number of hydrogen-bond acceptors (Lipinski definition) is 0. The Morgan fingerprint density at radius 2 is 0.600 bits per heavy atom. The minimum atomic E-state index is 1.23. The molecule has 0 nitrogen and oxygen atoms in total. The van der Waals surface area contributed by atoms with Gasteiger partial charge in [0.25, 0.3) is 0 Å². The Balaban J connectivity index is 2.05. The Hall–Kier alpha value is -2.60. The monoisotopic (exact) mass is 256 g/mol. The van der Waals surface area contributed by atoms with E-state index in [0.717, 1.165) is 0 Å². The van der Waals surface area contributed by atoms with Crippen molar-refractivity contribution in [2.75, 3.05) is 0 Å². The van der Waals surface area contributed by atoms with Gasteiger partial charge in [-0.2, -0.15) is 0 Å². The van der Waals surface area contributed by atoms with Crippen LogP contribution in [0.4, 0.5) is 0 Å². The second-order valence-corrected chi connectivity index (χ2v) is 4.69. The number of fused-ring (bicyclic) bond motifs is 2. The van der Waals surface area contributed by atoms with Crippen LogP contribution in [0.15, 0.2) is 72.8 Å². The first-order valence-corrected chi connectivity index (χ1v) is 6.81. The summed E-state index contributed by atoms with van der Waals surface area (Å²) in [4.78, 5) is 0. The Labute approximate surface area is 120 Å². The van der Waals surface area contributed by atoms with Gasteiger partial charge in [0.1, 0.15) is 0 Å². The van der Waals surface area contributed by atoms with Gasteiger partial charge in [0.15, 0.2) is 0 Å². The molecule has 1 aliphatic rings. The van der Waals surface area contributed by atoms with E-state index in [1.807, 2.05) is 0 Å². The highest BCUT2D eigenvalue weighted by Gasteiger charge is 1.95. The zero-order valence-corrected chi connectivity index (χ0v) is 11.2. The summed E-state index contributed by atoms with van der Waals surface area (Å²) in [6.45, 7) is 0. The standard InChI is InChI=1S/C20H16/c1-2-10-18-14-7-8-16-20-12-4-3-11-19(20)15-6-5-13-17(18)9-1/h1-16H. The van der Waals surface area contributed by atoms with Crippen molar-refractivity contribution in [2.45, 2.75) is 0 Å². The minimum absolute atomic E-state index is 1.23. The normalized spacial score (nSPS) is 13.2. The molecule has 0 bridgehead atoms. The molecule has 96 valence electrons. The molecule has 0 spiro atoms. The van der Waals surface area contributed by atoms with E-state index in [4.69, 9.17) is 0 Å². The van der Waals surface area contributed by atoms with Gasteiger partial charge in [-0.05, 0) is 22.3 Å². The van der Waals surface area contributed by atoms with Crippen LogP contribution in [0.2, 0.25) is 0 Å². The van der Waals surface area contributed by atoms with Gasteiger partial charge in [0.2, 0.25) is 0 Å². The molecule has 0 radical (unpaired) electrons. The highest BCUT2D eigenvalue weighted by Crippen LogP contribution is 2.16. The summed E-state index contributed by atoms with van der Waals surface area (Å²) in [7, 11) is 0. The molecule has 0 saturated heterocycles. The smallest absolute Gasteiger partial charge is 0.0184 e. The summed E-state index contributed by atoms with van der Waals surface area (Å²) >= 11 is 0. The van der Waals surface area contributed by atoms with Crippen molar-refractivity contribution in [1.29, 1.82) is 0 Å². The van der Waals surface area contributed by atoms with Crippen molar-refractivity contribution in [2.24, 2.45) is 0 Å². The lowest BCUT2D eigenvalue weighted by Crippen LogP contribution is -1.81. The maximum atomic E-state index is 2.14. The van der Waals surface area contributed by atoms with Crippen molar-refractivity contribution in [3.05, 3.63) is 95.1 Å². The summed E-state index contributed by atoms with van der Waals surface area (Å²) in [6, 6.07) is 16.8. The lowest BCUT2D eigenvalue weighted by Gasteiger charge is -2.01. The van der Waals surface area contributed by atoms with Gasteiger partial charge in [-0.3, -0.25) is 0 Å². The number of allylic oxidation sites excluding steroid dienone is 4. The fraction of sp³-hybridized carbons (Fsp3) is 0. The van der Waals surface area contributed by atoms with Crippen LogP contribution in [0, 0.1) is 0 Å². The van der Waals surface area contributed by atoms with Crippen LogP contribution in [0.5, 0.6) is 0 Å². The van der Waals surface area contributed by atoms with Gasteiger partial charge >= 0.3 is 0 Å². The van der Waals surface area contributed by atoms with E-state index in [9.17, 15) is 0 Å². The van der Waals surface area contributed by atoms with Crippen LogP contribution in [0.25, 0.3) is 24.3 Å². The first-order chi connectivity index (χ1) is 9.93. The molecular weight excluding hydrogens is 240 g/mol. The summed E-state index contributed by atoms with van der Waals surface area (Å²) in [6.07, 6.45) is 16.9. The number of hydrogen-bond donors (Lipinski definition) is 0. The van der Waals surface area contributed by atoms with Crippen molar-refractivity contribution in [3.8, 4) is 0 Å². The van der Waals surface area contributed by atoms with Gasteiger partial charge in [-0.1, -0.05) is 97.1 Å². The van der Waals surface area contributed by atoms with E-state index in [-0.39, 0.29) is 0 Å². The fourth-order valence-electron chi connectivity index (χ4n) is 2.27. The summed E-state index contributed by atoms with van der Waals surface area (Å²) in [5.74, 6) is 0. The van der Waals surface area contributed by atoms with Crippen LogP contribution in [-0.2, 0) is 0 Å². The van der Waals surface area contributed by atoms with Crippen LogP contribution >= 0.6 is 0 Å². The van der Waals surface area contributed by atoms with Gasteiger partial charge in [0.05, 0.1) is 0 Å². The SMILES string of the molecule is C1=Cc2ccccc2C=CC=Cc2ccccc2C=C1. The second kappa shape index (κ2) is 6.03. The quantitative estimate of drug-likeness (QED) is 0.587. The summed E-state index contributed by atoms with van der Waals surface area (Å²) < 4.78 is 0. The molecule has 3 rings (SSSR count). The largest absolute Gasteiger partial charge is 0.0616 e. The number of rotatable bonds is 0. The van der Waals surface area contributed by atoms with Gasteiger partial charge in [-0.15, -0.1) is 0 Å². The highest BCUT2D eigenvalue weighted by atomic mass is 14.0. The molecule has 0 N–H and O–H groups in total. The van der Waals surface area contributed by atoms with Crippen LogP contribution in [0.1, 0.15) is 22.3 Å². The fourth-order valence-corrected chi connectivity index (χ4v) is 2.27. The molecule has 0 heterocycles. The van der Waals surface area contributed by atoms with E-state index in [1.165, 1.54) is 22.3 Å². The van der Waals surface area contributed by atoms with Gasteiger partial charge < -0.3 is 0 Å². The maximum Gasteiger partial charge on any atom is -0.0184 e. The third-order valence-corrected chi connectivity index (χ3v) is 3.32. The third-order valence-electron chi connectivity index (χ3n) is 3.32. The van der Waals surface area contributed by atoms with Crippen molar-refractivity contribution in [1.82, 2.24) is 0 Å². The molecule has 0 amide bonds. The van der Waals surface area contributed by atoms with Crippen molar-refractivity contribution < 1.29 is 0 Å². The van der Waals surface area contributed by atoms with E-state index in [2.05, 4.69) is 97.1 Å². The first-order valence-electron chi connectivity index (χ1n) is 6.81. The van der Waals surface area contributed by atoms with E-state index >= 15 is 0 Å². The Morgan fingerprint density at radius 1 is 0.350 bits per heavy atom. The topological polar surface area (TPSA) is 0 Å². The molecule has 0 atom stereocenters. The van der Waals surface area contributed by atoms with Crippen LogP contribution < -0.4 is 0 Å². The summed E-state index contributed by atoms with van der Waals surface area (Å²) in [5.41, 5.74) is 4.93. The molecular formula is C20H16. The van der Waals surface area contributed by atoms with E-state index < -0.39 is 0 Å². The van der Waals surface area contributed by atoms with E-state index in [0.29, 0.717) is 0 Å². The average Bonchev–Trinajstić information content (AvgIpc) is 2.49.